The summed E-state index contributed by atoms with van der Waals surface area (Å²) in [6.45, 7) is 4.25. The molecule has 4 nitrogen and oxygen atoms in total. The molecule has 1 atom stereocenters. The Labute approximate surface area is 184 Å². The molecule has 1 fully saturated rings. The number of nitrogens with zero attached hydrogens (tertiary/aromatic N) is 1. The quantitative estimate of drug-likeness (QED) is 0.445. The maximum absolute atomic E-state index is 12.6. The Balaban J connectivity index is 1.61. The Hall–Kier alpha value is -2.27. The van der Waals surface area contributed by atoms with Gasteiger partial charge in [0.2, 0.25) is 11.8 Å². The van der Waals surface area contributed by atoms with Crippen molar-refractivity contribution in [3.05, 3.63) is 59.7 Å². The van der Waals surface area contributed by atoms with E-state index in [9.17, 15) is 9.59 Å². The molecule has 1 N–H and O–H groups in total. The molecule has 0 radical (unpaired) electrons. The van der Waals surface area contributed by atoms with E-state index in [1.165, 1.54) is 31.2 Å². The highest BCUT2D eigenvalue weighted by Gasteiger charge is 2.34. The molecule has 160 valence electrons. The Morgan fingerprint density at radius 3 is 2.57 bits per heavy atom. The van der Waals surface area contributed by atoms with Crippen LogP contribution in [0.1, 0.15) is 68.4 Å². The van der Waals surface area contributed by atoms with Crippen molar-refractivity contribution in [2.75, 3.05) is 16.0 Å². The molecule has 0 saturated carbocycles. The van der Waals surface area contributed by atoms with Gasteiger partial charge < -0.3 is 5.32 Å². The van der Waals surface area contributed by atoms with E-state index >= 15 is 0 Å². The lowest BCUT2D eigenvalue weighted by Gasteiger charge is -2.25. The molecule has 1 aliphatic rings. The van der Waals surface area contributed by atoms with Crippen molar-refractivity contribution < 1.29 is 9.59 Å². The van der Waals surface area contributed by atoms with Gasteiger partial charge in [0.1, 0.15) is 5.37 Å². The van der Waals surface area contributed by atoms with Gasteiger partial charge in [-0.3, -0.25) is 14.5 Å². The van der Waals surface area contributed by atoms with Gasteiger partial charge >= 0.3 is 0 Å². The number of amides is 2. The number of thioether (sulfide) groups is 1. The van der Waals surface area contributed by atoms with Crippen LogP contribution >= 0.6 is 11.8 Å². The van der Waals surface area contributed by atoms with Crippen molar-refractivity contribution in [2.45, 2.75) is 64.2 Å². The van der Waals surface area contributed by atoms with Crippen LogP contribution in [0.25, 0.3) is 0 Å². The standard InChI is InChI=1S/C25H32N2O2S/c1-3-4-5-6-7-8-12-23(28)26-21-11-9-10-20(17-21)25-27(24(29)18-30-25)22-15-13-19(2)14-16-22/h9-11,13-17,25H,3-8,12,18H2,1-2H3,(H,26,28). The molecule has 30 heavy (non-hydrogen) atoms. The number of unbranched alkanes of at least 4 members (excludes halogenated alkanes) is 5. The number of carbonyl (C=O) groups is 2. The summed E-state index contributed by atoms with van der Waals surface area (Å²) in [5.74, 6) is 0.646. The number of aryl methyl sites for hydroxylation is 1. The first-order chi connectivity index (χ1) is 14.6. The molecule has 3 rings (SSSR count). The monoisotopic (exact) mass is 424 g/mol. The minimum absolute atomic E-state index is 0.0631. The van der Waals surface area contributed by atoms with E-state index in [0.717, 1.165) is 29.8 Å². The minimum Gasteiger partial charge on any atom is -0.326 e. The third kappa shape index (κ3) is 6.11. The Kier molecular flexibility index (Phi) is 8.38. The molecule has 2 aromatic carbocycles. The summed E-state index contributed by atoms with van der Waals surface area (Å²) >= 11 is 1.63. The number of hydrogen-bond donors (Lipinski definition) is 1. The van der Waals surface area contributed by atoms with Crippen LogP contribution in [0.4, 0.5) is 11.4 Å². The van der Waals surface area contributed by atoms with Crippen molar-refractivity contribution in [1.29, 1.82) is 0 Å². The zero-order valence-electron chi connectivity index (χ0n) is 18.0. The van der Waals surface area contributed by atoms with Gasteiger partial charge in [-0.1, -0.05) is 68.9 Å². The SMILES string of the molecule is CCCCCCCCC(=O)Nc1cccc(C2SCC(=O)N2c2ccc(C)cc2)c1. The maximum atomic E-state index is 12.6. The number of benzene rings is 2. The molecular weight excluding hydrogens is 392 g/mol. The average molecular weight is 425 g/mol. The second-order valence-corrected chi connectivity index (χ2v) is 9.02. The fourth-order valence-corrected chi connectivity index (χ4v) is 4.88. The van der Waals surface area contributed by atoms with E-state index in [2.05, 4.69) is 12.2 Å². The van der Waals surface area contributed by atoms with E-state index in [-0.39, 0.29) is 17.2 Å². The Morgan fingerprint density at radius 1 is 1.07 bits per heavy atom. The van der Waals surface area contributed by atoms with Crippen molar-refractivity contribution in [3.63, 3.8) is 0 Å². The van der Waals surface area contributed by atoms with Crippen LogP contribution in [-0.2, 0) is 9.59 Å². The van der Waals surface area contributed by atoms with E-state index in [4.69, 9.17) is 0 Å². The van der Waals surface area contributed by atoms with Gasteiger partial charge in [-0.15, -0.1) is 11.8 Å². The number of anilines is 2. The first-order valence-corrected chi connectivity index (χ1v) is 12.0. The third-order valence-electron chi connectivity index (χ3n) is 5.39. The maximum Gasteiger partial charge on any atom is 0.238 e. The van der Waals surface area contributed by atoms with Crippen molar-refractivity contribution in [3.8, 4) is 0 Å². The lowest BCUT2D eigenvalue weighted by Crippen LogP contribution is -2.27. The zero-order valence-corrected chi connectivity index (χ0v) is 18.8. The molecule has 0 spiro atoms. The van der Waals surface area contributed by atoms with Crippen LogP contribution in [0.2, 0.25) is 0 Å². The smallest absolute Gasteiger partial charge is 0.238 e. The molecule has 1 unspecified atom stereocenters. The summed E-state index contributed by atoms with van der Waals surface area (Å²) in [6.07, 6.45) is 7.59. The Bertz CT molecular complexity index is 850. The topological polar surface area (TPSA) is 49.4 Å². The summed E-state index contributed by atoms with van der Waals surface area (Å²) < 4.78 is 0. The first kappa shape index (κ1) is 22.4. The minimum atomic E-state index is -0.0735. The third-order valence-corrected chi connectivity index (χ3v) is 6.61. The second-order valence-electron chi connectivity index (χ2n) is 7.95. The van der Waals surface area contributed by atoms with E-state index in [0.29, 0.717) is 12.2 Å². The highest BCUT2D eigenvalue weighted by atomic mass is 32.2. The molecule has 2 aromatic rings. The second kappa shape index (κ2) is 11.2. The van der Waals surface area contributed by atoms with Gasteiger partial charge in [0, 0.05) is 17.8 Å². The van der Waals surface area contributed by atoms with Gasteiger partial charge in [0.25, 0.3) is 0 Å². The van der Waals surface area contributed by atoms with E-state index in [1.807, 2.05) is 60.4 Å². The van der Waals surface area contributed by atoms with E-state index in [1.54, 1.807) is 11.8 Å². The lowest BCUT2D eigenvalue weighted by molar-refractivity contribution is -0.117. The van der Waals surface area contributed by atoms with Gasteiger partial charge in [0.05, 0.1) is 5.75 Å². The molecule has 0 aromatic heterocycles. The summed E-state index contributed by atoms with van der Waals surface area (Å²) in [5, 5.41) is 2.96. The molecule has 2 amide bonds. The van der Waals surface area contributed by atoms with Gasteiger partial charge in [0.15, 0.2) is 0 Å². The largest absolute Gasteiger partial charge is 0.326 e. The van der Waals surface area contributed by atoms with Crippen LogP contribution in [-0.4, -0.2) is 17.6 Å². The summed E-state index contributed by atoms with van der Waals surface area (Å²) in [7, 11) is 0. The van der Waals surface area contributed by atoms with E-state index < -0.39 is 0 Å². The Morgan fingerprint density at radius 2 is 1.80 bits per heavy atom. The van der Waals surface area contributed by atoms with Crippen LogP contribution in [0.5, 0.6) is 0 Å². The molecule has 0 bridgehead atoms. The average Bonchev–Trinajstić information content (AvgIpc) is 3.13. The first-order valence-electron chi connectivity index (χ1n) is 11.0. The molecule has 5 heteroatoms. The highest BCUT2D eigenvalue weighted by Crippen LogP contribution is 2.42. The van der Waals surface area contributed by atoms with Crippen LogP contribution in [0.15, 0.2) is 48.5 Å². The number of nitrogens with one attached hydrogen (secondary N) is 1. The molecular formula is C25H32N2O2S. The number of rotatable bonds is 10. The van der Waals surface area contributed by atoms with Crippen molar-refractivity contribution in [2.24, 2.45) is 0 Å². The van der Waals surface area contributed by atoms with Crippen molar-refractivity contribution in [1.82, 2.24) is 0 Å². The number of hydrogen-bond acceptors (Lipinski definition) is 3. The van der Waals surface area contributed by atoms with Crippen LogP contribution < -0.4 is 10.2 Å². The summed E-state index contributed by atoms with van der Waals surface area (Å²) in [4.78, 5) is 26.7. The molecule has 0 aliphatic carbocycles. The lowest BCUT2D eigenvalue weighted by atomic mass is 10.1. The van der Waals surface area contributed by atoms with Gasteiger partial charge in [-0.05, 0) is 43.2 Å². The summed E-state index contributed by atoms with van der Waals surface area (Å²) in [5.41, 5.74) is 3.92. The predicted molar refractivity (Wildman–Crippen MR) is 127 cm³/mol. The highest BCUT2D eigenvalue weighted by molar-refractivity contribution is 8.00. The molecule has 1 aliphatic heterocycles. The number of carbonyl (C=O) groups excluding carboxylic acids is 2. The normalized spacial score (nSPS) is 16.1. The van der Waals surface area contributed by atoms with Crippen LogP contribution in [0.3, 0.4) is 0 Å². The molecule has 1 saturated heterocycles. The van der Waals surface area contributed by atoms with Gasteiger partial charge in [-0.2, -0.15) is 0 Å². The zero-order chi connectivity index (χ0) is 21.3. The predicted octanol–water partition coefficient (Wildman–Crippen LogP) is 6.46. The van der Waals surface area contributed by atoms with Crippen molar-refractivity contribution >= 4 is 35.0 Å². The van der Waals surface area contributed by atoms with Crippen LogP contribution in [0, 0.1) is 6.92 Å². The fraction of sp³-hybridized carbons (Fsp3) is 0.440. The van der Waals surface area contributed by atoms with Gasteiger partial charge in [-0.25, -0.2) is 0 Å². The summed E-state index contributed by atoms with van der Waals surface area (Å²) in [6, 6.07) is 15.9. The fourth-order valence-electron chi connectivity index (χ4n) is 3.71. The molecule has 1 heterocycles.